The Morgan fingerprint density at radius 2 is 1.47 bits per heavy atom. The van der Waals surface area contributed by atoms with Crippen LogP contribution < -0.4 is 20.3 Å². The number of benzene rings is 5. The molecule has 466 valence electrons. The minimum atomic E-state index is -6.20. The maximum absolute atomic E-state index is 15.9. The van der Waals surface area contributed by atoms with Crippen molar-refractivity contribution in [2.75, 3.05) is 68.3 Å². The number of hydrogen-bond donors (Lipinski definition) is 3. The number of anilines is 2. The molecule has 25 heteroatoms. The number of sulfone groups is 1. The molecule has 88 heavy (non-hydrogen) atoms. The second-order valence-corrected chi connectivity index (χ2v) is 29.4. The molecule has 3 unspecified atom stereocenters. The Balaban J connectivity index is 0.741. The third-order valence-electron chi connectivity index (χ3n) is 17.7. The molecule has 0 saturated carbocycles. The summed E-state index contributed by atoms with van der Waals surface area (Å²) in [5.74, 6) is -4.38. The van der Waals surface area contributed by atoms with Crippen LogP contribution in [0.3, 0.4) is 0 Å². The van der Waals surface area contributed by atoms with E-state index in [1.54, 1.807) is 12.1 Å². The molecule has 5 aromatic rings. The number of carbonyl (C=O) groups excluding carboxylic acids is 5. The van der Waals surface area contributed by atoms with E-state index in [-0.39, 0.29) is 64.9 Å². The van der Waals surface area contributed by atoms with Gasteiger partial charge in [0.25, 0.3) is 37.6 Å². The Morgan fingerprint density at radius 1 is 0.795 bits per heavy atom. The third-order valence-corrected chi connectivity index (χ3v) is 22.0. The number of hydrogen-bond acceptors (Lipinski definition) is 15. The van der Waals surface area contributed by atoms with Crippen molar-refractivity contribution in [2.45, 2.75) is 116 Å². The predicted octanol–water partition coefficient (Wildman–Crippen LogP) is 9.39. The highest BCUT2D eigenvalue weighted by Gasteiger charge is 2.49. The Bertz CT molecular complexity index is 3800. The summed E-state index contributed by atoms with van der Waals surface area (Å²) < 4.78 is 116. The molecule has 0 aromatic heterocycles. The second kappa shape index (κ2) is 25.3. The van der Waals surface area contributed by atoms with E-state index in [0.717, 1.165) is 85.4 Å². The van der Waals surface area contributed by atoms with E-state index in [4.69, 9.17) is 11.6 Å². The highest BCUT2D eigenvalue weighted by Crippen LogP contribution is 2.44. The van der Waals surface area contributed by atoms with E-state index in [1.807, 2.05) is 47.2 Å². The van der Waals surface area contributed by atoms with Gasteiger partial charge in [0.05, 0.1) is 21.7 Å². The number of carbonyl (C=O) groups is 5. The van der Waals surface area contributed by atoms with Crippen molar-refractivity contribution in [1.82, 2.24) is 29.6 Å². The van der Waals surface area contributed by atoms with Gasteiger partial charge in [0.15, 0.2) is 0 Å². The van der Waals surface area contributed by atoms with Gasteiger partial charge in [-0.25, -0.2) is 25.9 Å². The van der Waals surface area contributed by atoms with Crippen molar-refractivity contribution in [3.8, 4) is 0 Å². The topological polar surface area (TPSA) is 206 Å². The average molecular weight is 1290 g/mol. The molecule has 4 saturated heterocycles. The number of nitrogens with zero attached hydrogens (tertiary/aromatic N) is 5. The number of piperidine rings is 1. The number of likely N-dealkylation sites (tertiary alicyclic amines) is 1. The lowest BCUT2D eigenvalue weighted by molar-refractivity contribution is -0.136. The third kappa shape index (κ3) is 13.6. The van der Waals surface area contributed by atoms with Crippen molar-refractivity contribution in [2.24, 2.45) is 5.41 Å². The maximum Gasteiger partial charge on any atom is 0.501 e. The lowest BCUT2D eigenvalue weighted by atomic mass is 9.73. The van der Waals surface area contributed by atoms with Crippen LogP contribution in [0.2, 0.25) is 5.02 Å². The number of alkyl halides is 3. The lowest BCUT2D eigenvalue weighted by Crippen LogP contribution is -2.54. The Kier molecular flexibility index (Phi) is 18.1. The van der Waals surface area contributed by atoms with Crippen LogP contribution in [0, 0.1) is 11.2 Å². The van der Waals surface area contributed by atoms with Crippen LogP contribution in [-0.4, -0.2) is 154 Å². The molecule has 0 radical (unpaired) electrons. The molecule has 3 N–H and O–H groups in total. The van der Waals surface area contributed by atoms with Crippen molar-refractivity contribution in [1.29, 1.82) is 0 Å². The van der Waals surface area contributed by atoms with E-state index in [2.05, 4.69) is 56.2 Å². The smallest absolute Gasteiger partial charge is 0.380 e. The summed E-state index contributed by atoms with van der Waals surface area (Å²) in [5.41, 5.74) is -1.40. The molecule has 5 aromatic carbocycles. The van der Waals surface area contributed by atoms with Crippen LogP contribution in [0.5, 0.6) is 0 Å². The van der Waals surface area contributed by atoms with E-state index in [0.29, 0.717) is 50.2 Å². The summed E-state index contributed by atoms with van der Waals surface area (Å²) in [5, 5.41) is 5.87. The minimum absolute atomic E-state index is 0.0333. The van der Waals surface area contributed by atoms with Crippen LogP contribution in [0.25, 0.3) is 5.57 Å². The first-order chi connectivity index (χ1) is 41.8. The van der Waals surface area contributed by atoms with Crippen molar-refractivity contribution in [3.63, 3.8) is 0 Å². The van der Waals surface area contributed by atoms with Gasteiger partial charge in [0.1, 0.15) is 16.8 Å². The molecule has 5 aliphatic heterocycles. The number of imide groups is 2. The van der Waals surface area contributed by atoms with Gasteiger partial charge in [-0.05, 0) is 140 Å². The number of piperazine rings is 2. The lowest BCUT2D eigenvalue weighted by Gasteiger charge is -2.41. The molecule has 11 rings (SSSR count). The molecular weight excluding hydrogens is 1220 g/mol. The number of sulfonamides is 1. The number of halogens is 5. The van der Waals surface area contributed by atoms with E-state index in [9.17, 15) is 54.0 Å². The number of thioether (sulfide) groups is 1. The Hall–Kier alpha value is -6.67. The average Bonchev–Trinajstić information content (AvgIpc) is 1.91. The monoisotopic (exact) mass is 1290 g/mol. The van der Waals surface area contributed by atoms with Crippen molar-refractivity contribution < 1.29 is 58.4 Å². The van der Waals surface area contributed by atoms with Gasteiger partial charge in [0.2, 0.25) is 11.8 Å². The summed E-state index contributed by atoms with van der Waals surface area (Å²) in [7, 11) is -11.2. The summed E-state index contributed by atoms with van der Waals surface area (Å²) in [6.07, 6.45) is 4.77. The van der Waals surface area contributed by atoms with E-state index >= 15 is 4.39 Å². The van der Waals surface area contributed by atoms with Crippen molar-refractivity contribution in [3.05, 3.63) is 153 Å². The molecule has 2 bridgehead atoms. The Morgan fingerprint density at radius 3 is 2.12 bits per heavy atom. The first-order valence-electron chi connectivity index (χ1n) is 29.3. The largest absolute Gasteiger partial charge is 0.501 e. The van der Waals surface area contributed by atoms with E-state index in [1.165, 1.54) is 46.7 Å². The van der Waals surface area contributed by atoms with Crippen LogP contribution in [0.15, 0.2) is 129 Å². The summed E-state index contributed by atoms with van der Waals surface area (Å²) in [6.45, 7) is 9.96. The van der Waals surface area contributed by atoms with Gasteiger partial charge in [-0.3, -0.25) is 44.0 Å². The van der Waals surface area contributed by atoms with Crippen LogP contribution in [0.4, 0.5) is 28.9 Å². The Labute approximate surface area is 518 Å². The molecule has 17 nitrogen and oxygen atoms in total. The fourth-order valence-electron chi connectivity index (χ4n) is 13.0. The second-order valence-electron chi connectivity index (χ2n) is 24.3. The molecule has 5 amide bonds. The fourth-order valence-corrected chi connectivity index (χ4v) is 16.2. The number of amides is 5. The zero-order valence-corrected chi connectivity index (χ0v) is 51.7. The first-order valence-corrected chi connectivity index (χ1v) is 33.7. The SMILES string of the molecule is CC1(C)CCC(c2ccc(Cl)cc2)=C(CN2CCN(c3ccc(C(=O)NS(=O)(=O)c4ccc(N[C@H](CCN5CC6CCC(C5)N6Cc5cc6c(cc5F)C(=O)N(C5CCC(=O)NC5=O)C6=O)CSc5ccccc5)c(S(=O)(=O)C(F)(F)F)c4)cc3)CC2)C1. The first kappa shape index (κ1) is 62.9. The van der Waals surface area contributed by atoms with Gasteiger partial charge in [-0.2, -0.15) is 13.2 Å². The fraction of sp³-hybridized carbons (Fsp3) is 0.413. The molecule has 0 spiro atoms. The number of fused-ring (bicyclic) bond motifs is 3. The van der Waals surface area contributed by atoms with Crippen molar-refractivity contribution >= 4 is 89.7 Å². The summed E-state index contributed by atoms with van der Waals surface area (Å²) in [6, 6.07) is 26.2. The highest BCUT2D eigenvalue weighted by atomic mass is 35.5. The van der Waals surface area contributed by atoms with Crippen LogP contribution in [0.1, 0.15) is 107 Å². The van der Waals surface area contributed by atoms with Gasteiger partial charge in [-0.1, -0.05) is 61.4 Å². The number of allylic oxidation sites excluding steroid dienone is 1. The molecule has 1 aliphatic carbocycles. The zero-order chi connectivity index (χ0) is 62.5. The zero-order valence-electron chi connectivity index (χ0n) is 48.5. The summed E-state index contributed by atoms with van der Waals surface area (Å²) >= 11 is 7.60. The summed E-state index contributed by atoms with van der Waals surface area (Å²) in [4.78, 5) is 73.2. The van der Waals surface area contributed by atoms with Crippen LogP contribution >= 0.6 is 23.4 Å². The van der Waals surface area contributed by atoms with Crippen LogP contribution in [-0.2, 0) is 36.0 Å². The highest BCUT2D eigenvalue weighted by molar-refractivity contribution is 7.99. The number of nitrogens with one attached hydrogen (secondary N) is 3. The molecule has 4 atom stereocenters. The predicted molar refractivity (Wildman–Crippen MR) is 326 cm³/mol. The maximum atomic E-state index is 15.9. The van der Waals surface area contributed by atoms with Gasteiger partial charge in [0, 0.05) is 116 Å². The molecule has 4 fully saturated rings. The molecular formula is C63H67ClF4N8O9S3. The van der Waals surface area contributed by atoms with Gasteiger partial charge in [-0.15, -0.1) is 11.8 Å². The quantitative estimate of drug-likeness (QED) is 0.0400. The van der Waals surface area contributed by atoms with Gasteiger partial charge < -0.3 is 15.1 Å². The molecule has 6 aliphatic rings. The van der Waals surface area contributed by atoms with E-state index < -0.39 is 88.3 Å². The normalized spacial score (nSPS) is 21.6. The minimum Gasteiger partial charge on any atom is -0.380 e. The standard InChI is InChI=1S/C63H67ClF4N8O9S3/c1-62(2)24-22-50(39-8-12-43(64)13-9-39)42(33-62)34-72-26-28-74(29-27-72)45-14-10-40(11-15-45)58(78)71-88(84,85)49-18-19-54(56(31-49)87(82,83)63(66,67)68)69-44(38-86-48-6-4-3-5-7-48)23-25-73-36-46-16-17-47(37-73)75(46)35-41-30-51-52(32-53(41)65)61(81)76(60(51)80)55-20-21-57(77)70-59(55)79/h3-15,18-19,30-32,44,46-47,55,69H,16-17,20-29,33-38H2,1-2H3,(H,71,78)(H,70,77,79)/t44-,46?,47?,55?/m1/s1. The van der Waals surface area contributed by atoms with Gasteiger partial charge >= 0.3 is 5.51 Å². The number of rotatable bonds is 19. The molecule has 5 heterocycles.